The zero-order valence-electron chi connectivity index (χ0n) is 8.51. The fraction of sp³-hybridized carbons (Fsp3) is 0.0909. The Kier molecular flexibility index (Phi) is 2.66. The lowest BCUT2D eigenvalue weighted by molar-refractivity contribution is 0.102. The molecule has 1 aromatic carbocycles. The van der Waals surface area contributed by atoms with Crippen LogP contribution in [0.4, 0.5) is 0 Å². The number of benzene rings is 1. The lowest BCUT2D eigenvalue weighted by atomic mass is 10.1. The molecule has 0 aliphatic carbocycles. The summed E-state index contributed by atoms with van der Waals surface area (Å²) in [4.78, 5) is 15.9. The van der Waals surface area contributed by atoms with Crippen molar-refractivity contribution in [2.45, 2.75) is 0 Å². The van der Waals surface area contributed by atoms with Crippen LogP contribution in [0.25, 0.3) is 0 Å². The van der Waals surface area contributed by atoms with Gasteiger partial charge >= 0.3 is 0 Å². The van der Waals surface area contributed by atoms with Crippen molar-refractivity contribution < 1.29 is 9.90 Å². The van der Waals surface area contributed by atoms with Crippen molar-refractivity contribution >= 4 is 17.4 Å². The molecule has 5 heteroatoms. The van der Waals surface area contributed by atoms with Crippen LogP contribution < -0.4 is 0 Å². The number of hydrogen-bond donors (Lipinski definition) is 1. The second-order valence-corrected chi connectivity index (χ2v) is 3.79. The van der Waals surface area contributed by atoms with Gasteiger partial charge in [0.25, 0.3) is 0 Å². The first-order chi connectivity index (χ1) is 7.59. The molecule has 1 heterocycles. The summed E-state index contributed by atoms with van der Waals surface area (Å²) in [6, 6.07) is 4.33. The predicted molar refractivity (Wildman–Crippen MR) is 59.8 cm³/mol. The van der Waals surface area contributed by atoms with E-state index < -0.39 is 0 Å². The summed E-state index contributed by atoms with van der Waals surface area (Å²) < 4.78 is 1.59. The van der Waals surface area contributed by atoms with Gasteiger partial charge in [-0.2, -0.15) is 0 Å². The highest BCUT2D eigenvalue weighted by Gasteiger charge is 2.17. The number of carbonyl (C=O) groups is 1. The summed E-state index contributed by atoms with van der Waals surface area (Å²) in [7, 11) is 1.71. The van der Waals surface area contributed by atoms with Crippen LogP contribution in [0, 0.1) is 0 Å². The highest BCUT2D eigenvalue weighted by atomic mass is 35.5. The minimum Gasteiger partial charge on any atom is -0.507 e. The lowest BCUT2D eigenvalue weighted by Crippen LogP contribution is -2.08. The van der Waals surface area contributed by atoms with Gasteiger partial charge in [0.05, 0.1) is 5.56 Å². The Morgan fingerprint density at radius 1 is 1.50 bits per heavy atom. The molecule has 2 rings (SSSR count). The van der Waals surface area contributed by atoms with Gasteiger partial charge in [0, 0.05) is 24.5 Å². The first kappa shape index (κ1) is 10.7. The molecule has 0 spiro atoms. The van der Waals surface area contributed by atoms with Gasteiger partial charge < -0.3 is 9.67 Å². The van der Waals surface area contributed by atoms with Crippen molar-refractivity contribution in [3.63, 3.8) is 0 Å². The van der Waals surface area contributed by atoms with Crippen LogP contribution in [-0.2, 0) is 7.05 Å². The van der Waals surface area contributed by atoms with Crippen LogP contribution >= 0.6 is 11.6 Å². The number of imidazole rings is 1. The molecule has 0 saturated heterocycles. The molecule has 0 aliphatic rings. The second-order valence-electron chi connectivity index (χ2n) is 3.35. The molecule has 0 radical (unpaired) electrons. The van der Waals surface area contributed by atoms with Gasteiger partial charge in [-0.25, -0.2) is 4.98 Å². The Morgan fingerprint density at radius 2 is 2.25 bits per heavy atom. The summed E-state index contributed by atoms with van der Waals surface area (Å²) in [6.45, 7) is 0. The van der Waals surface area contributed by atoms with Crippen LogP contribution in [0.1, 0.15) is 16.2 Å². The summed E-state index contributed by atoms with van der Waals surface area (Å²) in [5, 5.41) is 9.98. The van der Waals surface area contributed by atoms with Gasteiger partial charge in [0.2, 0.25) is 5.78 Å². The highest BCUT2D eigenvalue weighted by Crippen LogP contribution is 2.23. The Morgan fingerprint density at radius 3 is 2.88 bits per heavy atom. The standard InChI is InChI=1S/C11H9ClN2O2/c1-14-5-4-13-11(14)10(16)8-6-7(12)2-3-9(8)15/h2-6,15H,1H3. The van der Waals surface area contributed by atoms with Crippen LogP contribution in [0.3, 0.4) is 0 Å². The fourth-order valence-electron chi connectivity index (χ4n) is 1.39. The number of aromatic hydroxyl groups is 1. The third-order valence-electron chi connectivity index (χ3n) is 2.23. The van der Waals surface area contributed by atoms with Crippen molar-refractivity contribution in [2.75, 3.05) is 0 Å². The minimum atomic E-state index is -0.354. The maximum Gasteiger partial charge on any atom is 0.232 e. The number of hydrogen-bond acceptors (Lipinski definition) is 3. The van der Waals surface area contributed by atoms with E-state index in [-0.39, 0.29) is 22.9 Å². The van der Waals surface area contributed by atoms with Crippen molar-refractivity contribution in [1.29, 1.82) is 0 Å². The van der Waals surface area contributed by atoms with E-state index in [1.54, 1.807) is 17.8 Å². The van der Waals surface area contributed by atoms with Crippen molar-refractivity contribution in [3.8, 4) is 5.75 Å². The van der Waals surface area contributed by atoms with E-state index in [1.807, 2.05) is 0 Å². The molecule has 0 unspecified atom stereocenters. The average molecular weight is 237 g/mol. The number of aromatic nitrogens is 2. The number of phenolic OH excluding ortho intramolecular Hbond substituents is 1. The van der Waals surface area contributed by atoms with E-state index in [0.29, 0.717) is 5.02 Å². The Bertz CT molecular complexity index is 549. The largest absolute Gasteiger partial charge is 0.507 e. The maximum atomic E-state index is 12.0. The number of ketones is 1. The zero-order chi connectivity index (χ0) is 11.7. The second kappa shape index (κ2) is 3.98. The van der Waals surface area contributed by atoms with Crippen LogP contribution in [0.2, 0.25) is 5.02 Å². The molecule has 0 aliphatic heterocycles. The summed E-state index contributed by atoms with van der Waals surface area (Å²) in [5.41, 5.74) is 0.154. The smallest absolute Gasteiger partial charge is 0.232 e. The first-order valence-corrected chi connectivity index (χ1v) is 4.98. The van der Waals surface area contributed by atoms with Gasteiger partial charge in [0.1, 0.15) is 5.75 Å². The molecule has 0 atom stereocenters. The molecule has 0 fully saturated rings. The van der Waals surface area contributed by atoms with Gasteiger partial charge in [-0.05, 0) is 18.2 Å². The number of nitrogens with zero attached hydrogens (tertiary/aromatic N) is 2. The molecule has 0 saturated carbocycles. The van der Waals surface area contributed by atoms with Gasteiger partial charge in [-0.3, -0.25) is 4.79 Å². The van der Waals surface area contributed by atoms with E-state index in [0.717, 1.165) is 0 Å². The minimum absolute atomic E-state index is 0.0996. The van der Waals surface area contributed by atoms with Crippen LogP contribution in [0.15, 0.2) is 30.6 Å². The van der Waals surface area contributed by atoms with E-state index >= 15 is 0 Å². The van der Waals surface area contributed by atoms with E-state index in [4.69, 9.17) is 11.6 Å². The molecule has 0 amide bonds. The molecule has 82 valence electrons. The summed E-state index contributed by atoms with van der Waals surface area (Å²) in [5.74, 6) is -0.192. The lowest BCUT2D eigenvalue weighted by Gasteiger charge is -2.04. The summed E-state index contributed by atoms with van der Waals surface area (Å²) in [6.07, 6.45) is 3.18. The average Bonchev–Trinajstić information content (AvgIpc) is 2.67. The summed E-state index contributed by atoms with van der Waals surface area (Å²) >= 11 is 5.77. The normalized spacial score (nSPS) is 10.4. The zero-order valence-corrected chi connectivity index (χ0v) is 9.27. The predicted octanol–water partition coefficient (Wildman–Crippen LogP) is 2.01. The molecule has 4 nitrogen and oxygen atoms in total. The fourth-order valence-corrected chi connectivity index (χ4v) is 1.57. The topological polar surface area (TPSA) is 55.1 Å². The number of halogens is 1. The van der Waals surface area contributed by atoms with Gasteiger partial charge in [0.15, 0.2) is 5.82 Å². The molecular weight excluding hydrogens is 228 g/mol. The van der Waals surface area contributed by atoms with Gasteiger partial charge in [-0.15, -0.1) is 0 Å². The Hall–Kier alpha value is -1.81. The first-order valence-electron chi connectivity index (χ1n) is 4.60. The van der Waals surface area contributed by atoms with E-state index in [1.165, 1.54) is 24.4 Å². The Labute approximate surface area is 97.1 Å². The Balaban J connectivity index is 2.49. The maximum absolute atomic E-state index is 12.0. The van der Waals surface area contributed by atoms with Crippen molar-refractivity contribution in [1.82, 2.24) is 9.55 Å². The molecular formula is C11H9ClN2O2. The third-order valence-corrected chi connectivity index (χ3v) is 2.46. The van der Waals surface area contributed by atoms with Crippen molar-refractivity contribution in [2.24, 2.45) is 7.05 Å². The molecule has 1 aromatic heterocycles. The molecule has 2 aromatic rings. The van der Waals surface area contributed by atoms with Crippen molar-refractivity contribution in [3.05, 3.63) is 47.0 Å². The third kappa shape index (κ3) is 1.79. The highest BCUT2D eigenvalue weighted by molar-refractivity contribution is 6.31. The molecule has 0 bridgehead atoms. The van der Waals surface area contributed by atoms with E-state index in [9.17, 15) is 9.90 Å². The molecule has 16 heavy (non-hydrogen) atoms. The number of phenols is 1. The van der Waals surface area contributed by atoms with Crippen LogP contribution in [-0.4, -0.2) is 20.4 Å². The SMILES string of the molecule is Cn1ccnc1C(=O)c1cc(Cl)ccc1O. The van der Waals surface area contributed by atoms with Crippen LogP contribution in [0.5, 0.6) is 5.75 Å². The number of aryl methyl sites for hydroxylation is 1. The molecule has 1 N–H and O–H groups in total. The van der Waals surface area contributed by atoms with E-state index in [2.05, 4.69) is 4.98 Å². The number of rotatable bonds is 2. The number of carbonyl (C=O) groups excluding carboxylic acids is 1. The quantitative estimate of drug-likeness (QED) is 0.812. The monoisotopic (exact) mass is 236 g/mol. The van der Waals surface area contributed by atoms with Gasteiger partial charge in [-0.1, -0.05) is 11.6 Å².